The predicted octanol–water partition coefficient (Wildman–Crippen LogP) is 3.16. The zero-order valence-corrected chi connectivity index (χ0v) is 12.9. The topological polar surface area (TPSA) is 51.7 Å². The van der Waals surface area contributed by atoms with Crippen LogP contribution in [0.15, 0.2) is 23.6 Å². The average molecular weight is 316 g/mol. The van der Waals surface area contributed by atoms with E-state index in [-0.39, 0.29) is 12.7 Å². The van der Waals surface area contributed by atoms with Gasteiger partial charge in [0.15, 0.2) is 11.5 Å². The lowest BCUT2D eigenvalue weighted by Gasteiger charge is -2.25. The Morgan fingerprint density at radius 2 is 1.95 bits per heavy atom. The number of hydrogen-bond acceptors (Lipinski definition) is 5. The van der Waals surface area contributed by atoms with Crippen LogP contribution in [0.1, 0.15) is 29.8 Å². The van der Waals surface area contributed by atoms with E-state index in [0.29, 0.717) is 5.69 Å². The molecule has 1 fully saturated rings. The molecule has 0 spiro atoms. The number of nitrogens with zero attached hydrogens (tertiary/aromatic N) is 2. The molecule has 0 radical (unpaired) electrons. The molecule has 2 aromatic rings. The van der Waals surface area contributed by atoms with Crippen molar-refractivity contribution >= 4 is 17.2 Å². The summed E-state index contributed by atoms with van der Waals surface area (Å²) >= 11 is 1.49. The molecule has 2 aliphatic rings. The molecule has 0 unspecified atom stereocenters. The predicted molar refractivity (Wildman–Crippen MR) is 83.4 cm³/mol. The second kappa shape index (κ2) is 5.61. The highest BCUT2D eigenvalue weighted by Crippen LogP contribution is 2.36. The maximum absolute atomic E-state index is 12.5. The number of amides is 1. The number of fused-ring (bicyclic) bond motifs is 1. The highest BCUT2D eigenvalue weighted by atomic mass is 32.1. The van der Waals surface area contributed by atoms with Gasteiger partial charge < -0.3 is 14.4 Å². The van der Waals surface area contributed by atoms with E-state index in [1.807, 2.05) is 28.5 Å². The number of piperidine rings is 1. The molecule has 0 N–H and O–H groups in total. The average Bonchev–Trinajstić information content (AvgIpc) is 3.23. The molecule has 22 heavy (non-hydrogen) atoms. The monoisotopic (exact) mass is 316 g/mol. The van der Waals surface area contributed by atoms with E-state index in [1.165, 1.54) is 17.8 Å². The Labute approximate surface area is 132 Å². The molecule has 1 saturated heterocycles. The van der Waals surface area contributed by atoms with Crippen LogP contribution in [0.3, 0.4) is 0 Å². The number of benzene rings is 1. The number of hydrogen-bond donors (Lipinski definition) is 0. The Balaban J connectivity index is 1.57. The summed E-state index contributed by atoms with van der Waals surface area (Å²) < 4.78 is 10.7. The SMILES string of the molecule is O=C(c1csc(-c2ccc3c(c2)OCO3)n1)N1CCCCC1. The van der Waals surface area contributed by atoms with E-state index in [9.17, 15) is 4.79 Å². The van der Waals surface area contributed by atoms with Gasteiger partial charge in [0.2, 0.25) is 6.79 Å². The summed E-state index contributed by atoms with van der Waals surface area (Å²) in [6.45, 7) is 1.95. The van der Waals surface area contributed by atoms with Crippen molar-refractivity contribution in [2.24, 2.45) is 0 Å². The summed E-state index contributed by atoms with van der Waals surface area (Å²) in [5, 5.41) is 2.68. The second-order valence-electron chi connectivity index (χ2n) is 5.46. The standard InChI is InChI=1S/C16H16N2O3S/c19-16(18-6-2-1-3-7-18)12-9-22-15(17-12)11-4-5-13-14(8-11)21-10-20-13/h4-5,8-9H,1-3,6-7,10H2. The van der Waals surface area contributed by atoms with Crippen LogP contribution in [0.2, 0.25) is 0 Å². The Hall–Kier alpha value is -2.08. The van der Waals surface area contributed by atoms with Crippen LogP contribution in [-0.2, 0) is 0 Å². The summed E-state index contributed by atoms with van der Waals surface area (Å²) in [7, 11) is 0. The van der Waals surface area contributed by atoms with Crippen LogP contribution in [0, 0.1) is 0 Å². The van der Waals surface area contributed by atoms with Crippen molar-refractivity contribution in [1.82, 2.24) is 9.88 Å². The van der Waals surface area contributed by atoms with Crippen LogP contribution in [0.5, 0.6) is 11.5 Å². The number of ether oxygens (including phenoxy) is 2. The summed E-state index contributed by atoms with van der Waals surface area (Å²) in [6, 6.07) is 5.74. The van der Waals surface area contributed by atoms with E-state index < -0.39 is 0 Å². The van der Waals surface area contributed by atoms with Crippen LogP contribution >= 0.6 is 11.3 Å². The number of likely N-dealkylation sites (tertiary alicyclic amines) is 1. The van der Waals surface area contributed by atoms with Gasteiger partial charge in [0.25, 0.3) is 5.91 Å². The molecule has 5 nitrogen and oxygen atoms in total. The van der Waals surface area contributed by atoms with E-state index >= 15 is 0 Å². The molecular weight excluding hydrogens is 300 g/mol. The zero-order valence-electron chi connectivity index (χ0n) is 12.1. The molecule has 1 amide bonds. The fourth-order valence-electron chi connectivity index (χ4n) is 2.79. The van der Waals surface area contributed by atoms with Gasteiger partial charge in [-0.15, -0.1) is 11.3 Å². The van der Waals surface area contributed by atoms with Gasteiger partial charge in [0.05, 0.1) is 0 Å². The third kappa shape index (κ3) is 2.43. The largest absolute Gasteiger partial charge is 0.454 e. The fraction of sp³-hybridized carbons (Fsp3) is 0.375. The molecule has 0 saturated carbocycles. The quantitative estimate of drug-likeness (QED) is 0.854. The van der Waals surface area contributed by atoms with E-state index in [4.69, 9.17) is 9.47 Å². The molecule has 114 valence electrons. The van der Waals surface area contributed by atoms with E-state index in [0.717, 1.165) is 48.0 Å². The van der Waals surface area contributed by atoms with Gasteiger partial charge in [0.1, 0.15) is 10.7 Å². The van der Waals surface area contributed by atoms with Crippen molar-refractivity contribution in [2.45, 2.75) is 19.3 Å². The van der Waals surface area contributed by atoms with Gasteiger partial charge in [0, 0.05) is 24.0 Å². The van der Waals surface area contributed by atoms with Crippen LogP contribution in [0.25, 0.3) is 10.6 Å². The Morgan fingerprint density at radius 1 is 1.14 bits per heavy atom. The number of rotatable bonds is 2. The molecule has 1 aromatic carbocycles. The normalized spacial score (nSPS) is 16.8. The van der Waals surface area contributed by atoms with Crippen molar-refractivity contribution in [1.29, 1.82) is 0 Å². The molecule has 0 bridgehead atoms. The van der Waals surface area contributed by atoms with E-state index in [1.54, 1.807) is 0 Å². The summed E-state index contributed by atoms with van der Waals surface area (Å²) in [5.74, 6) is 1.53. The van der Waals surface area contributed by atoms with Gasteiger partial charge in [-0.25, -0.2) is 4.98 Å². The number of carbonyl (C=O) groups excluding carboxylic acids is 1. The fourth-order valence-corrected chi connectivity index (χ4v) is 3.58. The Morgan fingerprint density at radius 3 is 2.82 bits per heavy atom. The molecule has 4 rings (SSSR count). The third-order valence-electron chi connectivity index (χ3n) is 3.99. The maximum atomic E-state index is 12.5. The van der Waals surface area contributed by atoms with Gasteiger partial charge >= 0.3 is 0 Å². The highest BCUT2D eigenvalue weighted by molar-refractivity contribution is 7.13. The maximum Gasteiger partial charge on any atom is 0.273 e. The van der Waals surface area contributed by atoms with Crippen molar-refractivity contribution < 1.29 is 14.3 Å². The lowest BCUT2D eigenvalue weighted by molar-refractivity contribution is 0.0719. The lowest BCUT2D eigenvalue weighted by atomic mass is 10.1. The van der Waals surface area contributed by atoms with Crippen LogP contribution < -0.4 is 9.47 Å². The van der Waals surface area contributed by atoms with Crippen molar-refractivity contribution in [3.05, 3.63) is 29.3 Å². The van der Waals surface area contributed by atoms with Crippen molar-refractivity contribution in [2.75, 3.05) is 19.9 Å². The van der Waals surface area contributed by atoms with Crippen LogP contribution in [-0.4, -0.2) is 35.7 Å². The first kappa shape index (κ1) is 13.6. The minimum absolute atomic E-state index is 0.0444. The first-order chi connectivity index (χ1) is 10.8. The van der Waals surface area contributed by atoms with Crippen molar-refractivity contribution in [3.63, 3.8) is 0 Å². The molecular formula is C16H16N2O3S. The summed E-state index contributed by atoms with van der Waals surface area (Å²) in [6.07, 6.45) is 3.39. The molecule has 2 aliphatic heterocycles. The second-order valence-corrected chi connectivity index (χ2v) is 6.32. The Kier molecular flexibility index (Phi) is 3.46. The van der Waals surface area contributed by atoms with E-state index in [2.05, 4.69) is 4.98 Å². The third-order valence-corrected chi connectivity index (χ3v) is 4.88. The minimum atomic E-state index is 0.0444. The number of aromatic nitrogens is 1. The first-order valence-corrected chi connectivity index (χ1v) is 8.34. The number of thiazole rings is 1. The molecule has 6 heteroatoms. The molecule has 3 heterocycles. The molecule has 1 aromatic heterocycles. The number of carbonyl (C=O) groups is 1. The Bertz CT molecular complexity index is 707. The molecule has 0 atom stereocenters. The van der Waals surface area contributed by atoms with Crippen LogP contribution in [0.4, 0.5) is 0 Å². The molecule has 0 aliphatic carbocycles. The van der Waals surface area contributed by atoms with Gasteiger partial charge in [-0.2, -0.15) is 0 Å². The summed E-state index contributed by atoms with van der Waals surface area (Å²) in [4.78, 5) is 18.9. The zero-order chi connectivity index (χ0) is 14.9. The van der Waals surface area contributed by atoms with Gasteiger partial charge in [-0.05, 0) is 37.5 Å². The first-order valence-electron chi connectivity index (χ1n) is 7.46. The smallest absolute Gasteiger partial charge is 0.273 e. The van der Waals surface area contributed by atoms with Crippen molar-refractivity contribution in [3.8, 4) is 22.1 Å². The minimum Gasteiger partial charge on any atom is -0.454 e. The van der Waals surface area contributed by atoms with Gasteiger partial charge in [-0.3, -0.25) is 4.79 Å². The lowest BCUT2D eigenvalue weighted by Crippen LogP contribution is -2.35. The summed E-state index contributed by atoms with van der Waals surface area (Å²) in [5.41, 5.74) is 1.49. The highest BCUT2D eigenvalue weighted by Gasteiger charge is 2.21. The van der Waals surface area contributed by atoms with Gasteiger partial charge in [-0.1, -0.05) is 0 Å².